The van der Waals surface area contributed by atoms with Crippen molar-refractivity contribution in [2.45, 2.75) is 73.6 Å². The van der Waals surface area contributed by atoms with Crippen molar-refractivity contribution in [3.05, 3.63) is 29.7 Å². The largest absolute Gasteiger partial charge is 0.355 e. The predicted octanol–water partition coefficient (Wildman–Crippen LogP) is 4.84. The highest BCUT2D eigenvalue weighted by atomic mass is 16.5. The number of carbonyl (C=O) groups excluding carboxylic acids is 2. The topological polar surface area (TPSA) is 94.8 Å². The number of hydrogen-bond acceptors (Lipinski definition) is 7. The normalized spacial score (nSPS) is 18.9. The summed E-state index contributed by atoms with van der Waals surface area (Å²) in [7, 11) is 1.87. The highest BCUT2D eigenvalue weighted by molar-refractivity contribution is 5.87. The van der Waals surface area contributed by atoms with Gasteiger partial charge in [-0.25, -0.2) is 5.01 Å². The standard InChI is InChI=1S/C29H44N6O3.CH4/c1-20(2)9-8-14-30-27(36)18-34(26-15-23(13-12-21(26)3)29-31-22(4)38-32-29)19-28(37)33(5)35-16-24-10-6-7-11-25(24)17-35;/h12-13,15,20,24-25H,6-11,14,16-19H2,1-5H3,(H,30,36);1H4. The minimum Gasteiger partial charge on any atom is -0.355 e. The zero-order valence-corrected chi connectivity index (χ0v) is 23.7. The third-order valence-electron chi connectivity index (χ3n) is 8.02. The van der Waals surface area contributed by atoms with Crippen LogP contribution in [0, 0.1) is 31.6 Å². The number of amides is 2. The van der Waals surface area contributed by atoms with Crippen LogP contribution in [-0.2, 0) is 9.59 Å². The van der Waals surface area contributed by atoms with Gasteiger partial charge in [-0.1, -0.05) is 51.4 Å². The molecule has 2 heterocycles. The van der Waals surface area contributed by atoms with Gasteiger partial charge in [0.1, 0.15) is 0 Å². The van der Waals surface area contributed by atoms with E-state index in [4.69, 9.17) is 4.52 Å². The summed E-state index contributed by atoms with van der Waals surface area (Å²) in [5.74, 6) is 2.85. The average molecular weight is 541 g/mol. The van der Waals surface area contributed by atoms with Crippen LogP contribution in [0.4, 0.5) is 5.69 Å². The van der Waals surface area contributed by atoms with E-state index in [1.165, 1.54) is 25.7 Å². The van der Waals surface area contributed by atoms with E-state index in [0.29, 0.717) is 36.0 Å². The van der Waals surface area contributed by atoms with Gasteiger partial charge in [0.25, 0.3) is 5.91 Å². The van der Waals surface area contributed by atoms with Gasteiger partial charge in [-0.05, 0) is 62.0 Å². The Morgan fingerprint density at radius 2 is 1.82 bits per heavy atom. The van der Waals surface area contributed by atoms with Gasteiger partial charge in [0.05, 0.1) is 13.1 Å². The molecule has 1 saturated heterocycles. The fourth-order valence-electron chi connectivity index (χ4n) is 5.75. The highest BCUT2D eigenvalue weighted by Crippen LogP contribution is 2.36. The van der Waals surface area contributed by atoms with Crippen LogP contribution < -0.4 is 10.2 Å². The summed E-state index contributed by atoms with van der Waals surface area (Å²) < 4.78 is 5.17. The van der Waals surface area contributed by atoms with Crippen LogP contribution >= 0.6 is 0 Å². The van der Waals surface area contributed by atoms with Crippen LogP contribution in [0.5, 0.6) is 0 Å². The van der Waals surface area contributed by atoms with Gasteiger partial charge in [-0.15, -0.1) is 0 Å². The Bertz CT molecular complexity index is 1090. The molecule has 1 N–H and O–H groups in total. The molecule has 2 aliphatic rings. The van der Waals surface area contributed by atoms with Crippen molar-refractivity contribution in [3.63, 3.8) is 0 Å². The third-order valence-corrected chi connectivity index (χ3v) is 8.02. The lowest BCUT2D eigenvalue weighted by molar-refractivity contribution is -0.142. The number of carbonyl (C=O) groups is 2. The SMILES string of the molecule is C.Cc1nc(-c2ccc(C)c(N(CC(=O)NCCCC(C)C)CC(=O)N(C)N3CC4CCCCC4C3)c2)no1. The van der Waals surface area contributed by atoms with Crippen molar-refractivity contribution in [3.8, 4) is 11.4 Å². The van der Waals surface area contributed by atoms with Gasteiger partial charge in [0.2, 0.25) is 17.6 Å². The molecule has 1 aromatic heterocycles. The summed E-state index contributed by atoms with van der Waals surface area (Å²) in [5.41, 5.74) is 2.58. The summed E-state index contributed by atoms with van der Waals surface area (Å²) in [6.07, 6.45) is 7.11. The van der Waals surface area contributed by atoms with Gasteiger partial charge >= 0.3 is 0 Å². The molecule has 1 saturated carbocycles. The average Bonchev–Trinajstić information content (AvgIpc) is 3.52. The number of benzene rings is 1. The summed E-state index contributed by atoms with van der Waals surface area (Å²) in [5, 5.41) is 11.1. The molecule has 39 heavy (non-hydrogen) atoms. The Morgan fingerprint density at radius 3 is 2.44 bits per heavy atom. The number of nitrogens with one attached hydrogen (secondary N) is 1. The minimum absolute atomic E-state index is 0. The fraction of sp³-hybridized carbons (Fsp3) is 0.667. The smallest absolute Gasteiger partial charge is 0.256 e. The number of rotatable bonds is 11. The zero-order chi connectivity index (χ0) is 27.2. The number of likely N-dealkylation sites (N-methyl/N-ethyl adjacent to an activating group) is 1. The van der Waals surface area contributed by atoms with E-state index in [1.54, 1.807) is 11.9 Å². The Kier molecular flexibility index (Phi) is 10.9. The van der Waals surface area contributed by atoms with Gasteiger partial charge in [-0.3, -0.25) is 14.6 Å². The third kappa shape index (κ3) is 8.03. The van der Waals surface area contributed by atoms with E-state index in [9.17, 15) is 9.59 Å². The molecule has 4 rings (SSSR count). The quantitative estimate of drug-likeness (QED) is 0.407. The first kappa shape index (κ1) is 30.6. The maximum atomic E-state index is 13.6. The van der Waals surface area contributed by atoms with Crippen molar-refractivity contribution in [2.75, 3.05) is 44.7 Å². The number of aryl methyl sites for hydroxylation is 2. The predicted molar refractivity (Wildman–Crippen MR) is 155 cm³/mol. The van der Waals surface area contributed by atoms with E-state index in [0.717, 1.165) is 42.7 Å². The molecule has 2 amide bonds. The molecular weight excluding hydrogens is 492 g/mol. The van der Waals surface area contributed by atoms with E-state index in [-0.39, 0.29) is 32.3 Å². The summed E-state index contributed by atoms with van der Waals surface area (Å²) >= 11 is 0. The first-order chi connectivity index (χ1) is 18.2. The van der Waals surface area contributed by atoms with Crippen LogP contribution in [-0.4, -0.2) is 71.7 Å². The van der Waals surface area contributed by atoms with E-state index < -0.39 is 0 Å². The first-order valence-electron chi connectivity index (χ1n) is 14.2. The molecule has 9 heteroatoms. The molecule has 2 atom stereocenters. The van der Waals surface area contributed by atoms with Gasteiger partial charge in [0.15, 0.2) is 0 Å². The molecule has 216 valence electrons. The monoisotopic (exact) mass is 540 g/mol. The number of anilines is 1. The first-order valence-corrected chi connectivity index (χ1v) is 14.2. The molecule has 0 bridgehead atoms. The maximum Gasteiger partial charge on any atom is 0.256 e. The zero-order valence-electron chi connectivity index (χ0n) is 23.7. The molecule has 1 aromatic carbocycles. The molecule has 9 nitrogen and oxygen atoms in total. The second kappa shape index (κ2) is 13.9. The summed E-state index contributed by atoms with van der Waals surface area (Å²) in [6.45, 7) is 10.8. The van der Waals surface area contributed by atoms with Crippen LogP contribution in [0.15, 0.2) is 22.7 Å². The Labute approximate surface area is 234 Å². The van der Waals surface area contributed by atoms with Gasteiger partial charge in [0, 0.05) is 44.9 Å². The molecule has 2 fully saturated rings. The maximum absolute atomic E-state index is 13.6. The number of aromatic nitrogens is 2. The highest BCUT2D eigenvalue weighted by Gasteiger charge is 2.37. The molecule has 2 aromatic rings. The van der Waals surface area contributed by atoms with Crippen LogP contribution in [0.25, 0.3) is 11.4 Å². The van der Waals surface area contributed by atoms with Gasteiger partial charge < -0.3 is 14.7 Å². The summed E-state index contributed by atoms with van der Waals surface area (Å²) in [6, 6.07) is 5.86. The van der Waals surface area contributed by atoms with Crippen molar-refractivity contribution in [1.29, 1.82) is 0 Å². The second-order valence-electron chi connectivity index (χ2n) is 11.5. The van der Waals surface area contributed by atoms with Crippen molar-refractivity contribution in [1.82, 2.24) is 25.5 Å². The molecule has 0 radical (unpaired) electrons. The lowest BCUT2D eigenvalue weighted by Gasteiger charge is -2.32. The molecule has 1 aliphatic carbocycles. The number of nitrogens with zero attached hydrogens (tertiary/aromatic N) is 5. The lowest BCUT2D eigenvalue weighted by Crippen LogP contribution is -2.49. The number of hydrogen-bond donors (Lipinski definition) is 1. The van der Waals surface area contributed by atoms with E-state index in [1.807, 2.05) is 37.1 Å². The lowest BCUT2D eigenvalue weighted by atomic mass is 9.82. The Morgan fingerprint density at radius 1 is 1.13 bits per heavy atom. The Hall–Kier alpha value is -2.94. The van der Waals surface area contributed by atoms with Crippen LogP contribution in [0.3, 0.4) is 0 Å². The van der Waals surface area contributed by atoms with Crippen LogP contribution in [0.1, 0.15) is 71.3 Å². The van der Waals surface area contributed by atoms with Crippen molar-refractivity contribution in [2.24, 2.45) is 17.8 Å². The molecule has 2 unspecified atom stereocenters. The molecular formula is C30H48N6O3. The number of hydrazine groups is 1. The molecule has 1 aliphatic heterocycles. The second-order valence-corrected chi connectivity index (χ2v) is 11.5. The molecule has 0 spiro atoms. The number of fused-ring (bicyclic) bond motifs is 1. The van der Waals surface area contributed by atoms with Crippen LogP contribution in [0.2, 0.25) is 0 Å². The minimum atomic E-state index is -0.0865. The summed E-state index contributed by atoms with van der Waals surface area (Å²) in [4.78, 5) is 32.8. The van der Waals surface area contributed by atoms with Crippen molar-refractivity contribution < 1.29 is 14.1 Å². The van der Waals surface area contributed by atoms with Gasteiger partial charge in [-0.2, -0.15) is 4.98 Å². The van der Waals surface area contributed by atoms with E-state index >= 15 is 0 Å². The van der Waals surface area contributed by atoms with Crippen molar-refractivity contribution >= 4 is 17.5 Å². The fourth-order valence-corrected chi connectivity index (χ4v) is 5.75. The van der Waals surface area contributed by atoms with E-state index in [2.05, 4.69) is 34.3 Å². The Balaban J connectivity index is 0.00000420.